The first-order valence-corrected chi connectivity index (χ1v) is 7.30. The second kappa shape index (κ2) is 6.85. The van der Waals surface area contributed by atoms with Crippen LogP contribution in [0.1, 0.15) is 25.0 Å². The summed E-state index contributed by atoms with van der Waals surface area (Å²) in [6, 6.07) is 10.5. The van der Waals surface area contributed by atoms with Gasteiger partial charge in [-0.25, -0.2) is 0 Å². The summed E-state index contributed by atoms with van der Waals surface area (Å²) in [5.74, 6) is 0. The highest BCUT2D eigenvalue weighted by Gasteiger charge is 2.37. The number of rotatable bonds is 6. The third kappa shape index (κ3) is 3.01. The van der Waals surface area contributed by atoms with Crippen molar-refractivity contribution in [2.24, 2.45) is 0 Å². The first-order chi connectivity index (χ1) is 9.75. The lowest BCUT2D eigenvalue weighted by Gasteiger charge is -2.34. The first-order valence-electron chi connectivity index (χ1n) is 7.30. The fourth-order valence-electron chi connectivity index (χ4n) is 2.70. The molecular formula is C16H23N3O. The molecule has 1 unspecified atom stereocenters. The molecule has 0 spiro atoms. The van der Waals surface area contributed by atoms with E-state index in [1.54, 1.807) is 0 Å². The highest BCUT2D eigenvalue weighted by Crippen LogP contribution is 2.29. The van der Waals surface area contributed by atoms with Gasteiger partial charge in [0.15, 0.2) is 5.54 Å². The van der Waals surface area contributed by atoms with Gasteiger partial charge in [-0.05, 0) is 24.2 Å². The molecule has 1 aliphatic heterocycles. The molecule has 0 aliphatic carbocycles. The number of nitriles is 1. The maximum absolute atomic E-state index is 9.66. The Balaban J connectivity index is 2.10. The number of likely N-dealkylation sites (N-methyl/N-ethyl adjacent to an activating group) is 1. The molecule has 0 radical (unpaired) electrons. The largest absolute Gasteiger partial charge is 0.373 e. The molecule has 1 aromatic rings. The summed E-state index contributed by atoms with van der Waals surface area (Å²) >= 11 is 0. The van der Waals surface area contributed by atoms with Crippen LogP contribution < -0.4 is 5.32 Å². The van der Waals surface area contributed by atoms with E-state index in [0.29, 0.717) is 13.2 Å². The minimum atomic E-state index is -0.706. The SMILES string of the molecule is CCN(CC)CCNC1(C#N)COCc2ccccc21. The van der Waals surface area contributed by atoms with Gasteiger partial charge in [0.1, 0.15) is 0 Å². The van der Waals surface area contributed by atoms with Crippen LogP contribution in [0, 0.1) is 11.3 Å². The van der Waals surface area contributed by atoms with Crippen LogP contribution in [0.4, 0.5) is 0 Å². The summed E-state index contributed by atoms with van der Waals surface area (Å²) < 4.78 is 5.61. The Labute approximate surface area is 121 Å². The van der Waals surface area contributed by atoms with Gasteiger partial charge >= 0.3 is 0 Å². The molecule has 1 atom stereocenters. The van der Waals surface area contributed by atoms with Crippen molar-refractivity contribution in [3.8, 4) is 6.07 Å². The maximum atomic E-state index is 9.66. The van der Waals surface area contributed by atoms with Crippen molar-refractivity contribution in [3.05, 3.63) is 35.4 Å². The molecule has 1 heterocycles. The zero-order chi connectivity index (χ0) is 14.4. The Kier molecular flexibility index (Phi) is 5.13. The predicted octanol–water partition coefficient (Wildman–Crippen LogP) is 1.87. The highest BCUT2D eigenvalue weighted by atomic mass is 16.5. The van der Waals surface area contributed by atoms with Gasteiger partial charge in [-0.15, -0.1) is 0 Å². The zero-order valence-electron chi connectivity index (χ0n) is 12.4. The van der Waals surface area contributed by atoms with Crippen molar-refractivity contribution in [3.63, 3.8) is 0 Å². The van der Waals surface area contributed by atoms with Crippen LogP contribution in [0.25, 0.3) is 0 Å². The molecule has 4 nitrogen and oxygen atoms in total. The van der Waals surface area contributed by atoms with Gasteiger partial charge in [0.25, 0.3) is 0 Å². The van der Waals surface area contributed by atoms with E-state index in [1.807, 2.05) is 24.3 Å². The lowest BCUT2D eigenvalue weighted by atomic mass is 9.86. The average molecular weight is 273 g/mol. The molecule has 20 heavy (non-hydrogen) atoms. The minimum Gasteiger partial charge on any atom is -0.373 e. The van der Waals surface area contributed by atoms with Crippen LogP contribution in [-0.2, 0) is 16.9 Å². The fourth-order valence-corrected chi connectivity index (χ4v) is 2.70. The summed E-state index contributed by atoms with van der Waals surface area (Å²) in [6.07, 6.45) is 0. The summed E-state index contributed by atoms with van der Waals surface area (Å²) in [7, 11) is 0. The molecule has 1 aromatic carbocycles. The first kappa shape index (κ1) is 15.0. The predicted molar refractivity (Wildman–Crippen MR) is 79.2 cm³/mol. The molecule has 1 N–H and O–H groups in total. The van der Waals surface area contributed by atoms with E-state index < -0.39 is 5.54 Å². The van der Waals surface area contributed by atoms with Gasteiger partial charge in [0, 0.05) is 13.1 Å². The van der Waals surface area contributed by atoms with Gasteiger partial charge in [-0.3, -0.25) is 5.32 Å². The van der Waals surface area contributed by atoms with Crippen molar-refractivity contribution < 1.29 is 4.74 Å². The molecule has 0 fully saturated rings. The van der Waals surface area contributed by atoms with Gasteiger partial charge < -0.3 is 9.64 Å². The van der Waals surface area contributed by atoms with Gasteiger partial charge in [-0.1, -0.05) is 38.1 Å². The van der Waals surface area contributed by atoms with Crippen molar-refractivity contribution in [2.75, 3.05) is 32.8 Å². The summed E-state index contributed by atoms with van der Waals surface area (Å²) in [5, 5.41) is 13.1. The zero-order valence-corrected chi connectivity index (χ0v) is 12.4. The van der Waals surface area contributed by atoms with E-state index in [4.69, 9.17) is 4.74 Å². The number of fused-ring (bicyclic) bond motifs is 1. The van der Waals surface area contributed by atoms with Gasteiger partial charge in [0.2, 0.25) is 0 Å². The molecule has 2 rings (SSSR count). The van der Waals surface area contributed by atoms with Gasteiger partial charge in [0.05, 0.1) is 19.3 Å². The fraction of sp³-hybridized carbons (Fsp3) is 0.562. The average Bonchev–Trinajstić information content (AvgIpc) is 2.51. The molecule has 108 valence electrons. The Morgan fingerprint density at radius 2 is 2.10 bits per heavy atom. The number of hydrogen-bond acceptors (Lipinski definition) is 4. The van der Waals surface area contributed by atoms with Crippen LogP contribution in [0.2, 0.25) is 0 Å². The summed E-state index contributed by atoms with van der Waals surface area (Å²) in [4.78, 5) is 2.34. The molecule has 1 aliphatic rings. The lowest BCUT2D eigenvalue weighted by Crippen LogP contribution is -2.50. The van der Waals surface area contributed by atoms with Crippen molar-refractivity contribution >= 4 is 0 Å². The Hall–Kier alpha value is -1.41. The van der Waals surface area contributed by atoms with Crippen LogP contribution in [0.15, 0.2) is 24.3 Å². The number of hydrogen-bond donors (Lipinski definition) is 1. The quantitative estimate of drug-likeness (QED) is 0.859. The molecular weight excluding hydrogens is 250 g/mol. The van der Waals surface area contributed by atoms with E-state index in [2.05, 4.69) is 30.1 Å². The number of benzene rings is 1. The van der Waals surface area contributed by atoms with Crippen LogP contribution in [0.5, 0.6) is 0 Å². The van der Waals surface area contributed by atoms with Crippen LogP contribution in [0.3, 0.4) is 0 Å². The van der Waals surface area contributed by atoms with Crippen molar-refractivity contribution in [1.82, 2.24) is 10.2 Å². The van der Waals surface area contributed by atoms with E-state index in [9.17, 15) is 5.26 Å². The van der Waals surface area contributed by atoms with Crippen LogP contribution in [-0.4, -0.2) is 37.7 Å². The third-order valence-corrected chi connectivity index (χ3v) is 3.99. The second-order valence-electron chi connectivity index (χ2n) is 5.12. The number of nitrogens with zero attached hydrogens (tertiary/aromatic N) is 2. The minimum absolute atomic E-state index is 0.415. The van der Waals surface area contributed by atoms with Crippen molar-refractivity contribution in [1.29, 1.82) is 5.26 Å². The number of nitrogens with one attached hydrogen (secondary N) is 1. The number of ether oxygens (including phenoxy) is 1. The summed E-state index contributed by atoms with van der Waals surface area (Å²) in [6.45, 7) is 9.11. The second-order valence-corrected chi connectivity index (χ2v) is 5.12. The monoisotopic (exact) mass is 273 g/mol. The molecule has 0 bridgehead atoms. The van der Waals surface area contributed by atoms with E-state index in [0.717, 1.165) is 37.3 Å². The van der Waals surface area contributed by atoms with Crippen molar-refractivity contribution in [2.45, 2.75) is 26.0 Å². The summed E-state index contributed by atoms with van der Waals surface area (Å²) in [5.41, 5.74) is 1.46. The van der Waals surface area contributed by atoms with E-state index in [1.165, 1.54) is 0 Å². The van der Waals surface area contributed by atoms with E-state index in [-0.39, 0.29) is 0 Å². The normalized spacial score (nSPS) is 21.5. The smallest absolute Gasteiger partial charge is 0.156 e. The third-order valence-electron chi connectivity index (χ3n) is 3.99. The Morgan fingerprint density at radius 1 is 1.35 bits per heavy atom. The van der Waals surface area contributed by atoms with E-state index >= 15 is 0 Å². The molecule has 0 saturated heterocycles. The molecule has 0 saturated carbocycles. The lowest BCUT2D eigenvalue weighted by molar-refractivity contribution is 0.0573. The molecule has 0 amide bonds. The standard InChI is InChI=1S/C16H23N3O/c1-3-19(4-2)10-9-18-16(12-17)13-20-11-14-7-5-6-8-15(14)16/h5-8,18H,3-4,9-11,13H2,1-2H3. The highest BCUT2D eigenvalue weighted by molar-refractivity contribution is 5.40. The maximum Gasteiger partial charge on any atom is 0.156 e. The van der Waals surface area contributed by atoms with Gasteiger partial charge in [-0.2, -0.15) is 5.26 Å². The van der Waals surface area contributed by atoms with Crippen LogP contribution >= 0.6 is 0 Å². The Bertz CT molecular complexity index is 479. The topological polar surface area (TPSA) is 48.3 Å². The Morgan fingerprint density at radius 3 is 2.80 bits per heavy atom. The molecule has 4 heteroatoms. The molecule has 0 aromatic heterocycles.